The average molecular weight is 310 g/mol. The summed E-state index contributed by atoms with van der Waals surface area (Å²) in [7, 11) is 0. The fourth-order valence-electron chi connectivity index (χ4n) is 1.57. The van der Waals surface area contributed by atoms with Crippen molar-refractivity contribution in [1.82, 2.24) is 0 Å². The molecule has 1 amide bonds. The minimum absolute atomic E-state index is 0.159. The molecule has 2 rings (SSSR count). The number of hydrogen-bond donors (Lipinski definition) is 1. The lowest BCUT2D eigenvalue weighted by atomic mass is 10.2. The van der Waals surface area contributed by atoms with Gasteiger partial charge in [0.05, 0.1) is 22.7 Å². The van der Waals surface area contributed by atoms with Crippen molar-refractivity contribution in [2.24, 2.45) is 0 Å². The SMILES string of the molecule is O=C(CSCc1ccco1)Nc1ccc(F)c([N+](=O)[O-])c1. The summed E-state index contributed by atoms with van der Waals surface area (Å²) in [4.78, 5) is 21.4. The summed E-state index contributed by atoms with van der Waals surface area (Å²) in [6.45, 7) is 0. The molecule has 1 aromatic carbocycles. The molecule has 1 N–H and O–H groups in total. The van der Waals surface area contributed by atoms with E-state index in [4.69, 9.17) is 4.42 Å². The number of amides is 1. The van der Waals surface area contributed by atoms with Crippen molar-refractivity contribution < 1.29 is 18.5 Å². The van der Waals surface area contributed by atoms with E-state index in [2.05, 4.69) is 5.32 Å². The third-order valence-electron chi connectivity index (χ3n) is 2.48. The van der Waals surface area contributed by atoms with Crippen LogP contribution in [0.25, 0.3) is 0 Å². The molecule has 0 fully saturated rings. The second-order valence-electron chi connectivity index (χ2n) is 4.04. The van der Waals surface area contributed by atoms with Crippen molar-refractivity contribution in [2.75, 3.05) is 11.1 Å². The predicted octanol–water partition coefficient (Wildman–Crippen LogP) is 3.20. The first-order valence-electron chi connectivity index (χ1n) is 5.90. The van der Waals surface area contributed by atoms with Crippen LogP contribution in [-0.2, 0) is 10.5 Å². The van der Waals surface area contributed by atoms with Gasteiger partial charge in [0.25, 0.3) is 0 Å². The Bertz CT molecular complexity index is 646. The summed E-state index contributed by atoms with van der Waals surface area (Å²) < 4.78 is 18.3. The first-order chi connectivity index (χ1) is 10.1. The molecule has 0 aliphatic rings. The number of carbonyl (C=O) groups is 1. The highest BCUT2D eigenvalue weighted by Crippen LogP contribution is 2.22. The Kier molecular flexibility index (Phi) is 4.94. The quantitative estimate of drug-likeness (QED) is 0.654. The fraction of sp³-hybridized carbons (Fsp3) is 0.154. The summed E-state index contributed by atoms with van der Waals surface area (Å²) >= 11 is 1.34. The molecule has 0 radical (unpaired) electrons. The van der Waals surface area contributed by atoms with Crippen LogP contribution in [0.4, 0.5) is 15.8 Å². The van der Waals surface area contributed by atoms with Crippen LogP contribution >= 0.6 is 11.8 Å². The van der Waals surface area contributed by atoms with Gasteiger partial charge in [-0.3, -0.25) is 14.9 Å². The lowest BCUT2D eigenvalue weighted by Gasteiger charge is -2.05. The summed E-state index contributed by atoms with van der Waals surface area (Å²) in [5.74, 6) is 0.193. The maximum Gasteiger partial charge on any atom is 0.306 e. The van der Waals surface area contributed by atoms with E-state index >= 15 is 0 Å². The number of furan rings is 1. The van der Waals surface area contributed by atoms with Crippen molar-refractivity contribution in [2.45, 2.75) is 5.75 Å². The number of nitro groups is 1. The van der Waals surface area contributed by atoms with Gasteiger partial charge >= 0.3 is 5.69 Å². The molecule has 8 heteroatoms. The topological polar surface area (TPSA) is 85.4 Å². The normalized spacial score (nSPS) is 10.3. The molecule has 0 bridgehead atoms. The van der Waals surface area contributed by atoms with Gasteiger partial charge in [-0.2, -0.15) is 4.39 Å². The van der Waals surface area contributed by atoms with E-state index in [0.29, 0.717) is 5.75 Å². The molecule has 0 aliphatic heterocycles. The molecule has 0 aliphatic carbocycles. The first-order valence-corrected chi connectivity index (χ1v) is 7.05. The van der Waals surface area contributed by atoms with Crippen LogP contribution in [0.15, 0.2) is 41.0 Å². The molecule has 0 atom stereocenters. The maximum atomic E-state index is 13.1. The smallest absolute Gasteiger partial charge is 0.306 e. The third kappa shape index (κ3) is 4.32. The molecular formula is C13H11FN2O4S. The molecule has 21 heavy (non-hydrogen) atoms. The number of benzene rings is 1. The largest absolute Gasteiger partial charge is 0.468 e. The number of rotatable bonds is 6. The Morgan fingerprint density at radius 1 is 1.43 bits per heavy atom. The number of carbonyl (C=O) groups excluding carboxylic acids is 1. The van der Waals surface area contributed by atoms with E-state index < -0.39 is 16.4 Å². The van der Waals surface area contributed by atoms with Gasteiger partial charge in [0, 0.05) is 11.8 Å². The van der Waals surface area contributed by atoms with Gasteiger partial charge in [0.15, 0.2) is 0 Å². The predicted molar refractivity (Wildman–Crippen MR) is 76.6 cm³/mol. The molecule has 1 heterocycles. The number of nitro benzene ring substituents is 1. The summed E-state index contributed by atoms with van der Waals surface area (Å²) in [5, 5.41) is 13.1. The Labute approximate surface area is 123 Å². The zero-order chi connectivity index (χ0) is 15.2. The van der Waals surface area contributed by atoms with Crippen molar-refractivity contribution in [3.05, 3.63) is 58.3 Å². The number of thioether (sulfide) groups is 1. The molecule has 6 nitrogen and oxygen atoms in total. The zero-order valence-electron chi connectivity index (χ0n) is 10.7. The van der Waals surface area contributed by atoms with Crippen molar-refractivity contribution >= 4 is 29.0 Å². The lowest BCUT2D eigenvalue weighted by molar-refractivity contribution is -0.387. The van der Waals surface area contributed by atoms with Gasteiger partial charge in [0.1, 0.15) is 5.76 Å². The molecule has 0 saturated heterocycles. The summed E-state index contributed by atoms with van der Waals surface area (Å²) in [6.07, 6.45) is 1.55. The molecular weight excluding hydrogens is 299 g/mol. The Morgan fingerprint density at radius 2 is 2.24 bits per heavy atom. The Morgan fingerprint density at radius 3 is 2.90 bits per heavy atom. The van der Waals surface area contributed by atoms with Gasteiger partial charge < -0.3 is 9.73 Å². The zero-order valence-corrected chi connectivity index (χ0v) is 11.6. The fourth-order valence-corrected chi connectivity index (χ4v) is 2.29. The number of nitrogens with zero attached hydrogens (tertiary/aromatic N) is 1. The minimum Gasteiger partial charge on any atom is -0.468 e. The van der Waals surface area contributed by atoms with E-state index in [-0.39, 0.29) is 17.3 Å². The maximum absolute atomic E-state index is 13.1. The van der Waals surface area contributed by atoms with Crippen LogP contribution in [0, 0.1) is 15.9 Å². The minimum atomic E-state index is -0.940. The standard InChI is InChI=1S/C13H11FN2O4S/c14-11-4-3-9(6-12(11)16(18)19)15-13(17)8-21-7-10-2-1-5-20-10/h1-6H,7-8H2,(H,15,17). The summed E-state index contributed by atoms with van der Waals surface area (Å²) in [5.41, 5.74) is -0.484. The van der Waals surface area contributed by atoms with Crippen LogP contribution in [0.3, 0.4) is 0 Å². The van der Waals surface area contributed by atoms with E-state index in [0.717, 1.165) is 17.9 Å². The van der Waals surface area contributed by atoms with Crippen LogP contribution < -0.4 is 5.32 Å². The lowest BCUT2D eigenvalue weighted by Crippen LogP contribution is -2.14. The van der Waals surface area contributed by atoms with Gasteiger partial charge in [-0.1, -0.05) is 0 Å². The van der Waals surface area contributed by atoms with Crippen LogP contribution in [0.1, 0.15) is 5.76 Å². The van der Waals surface area contributed by atoms with E-state index in [1.54, 1.807) is 18.4 Å². The highest BCUT2D eigenvalue weighted by molar-refractivity contribution is 7.99. The highest BCUT2D eigenvalue weighted by Gasteiger charge is 2.15. The number of anilines is 1. The van der Waals surface area contributed by atoms with Crippen LogP contribution in [-0.4, -0.2) is 16.6 Å². The molecule has 0 saturated carbocycles. The van der Waals surface area contributed by atoms with E-state index in [1.165, 1.54) is 17.8 Å². The summed E-state index contributed by atoms with van der Waals surface area (Å²) in [6, 6.07) is 6.77. The Balaban J connectivity index is 1.87. The molecule has 0 unspecified atom stereocenters. The number of nitrogens with one attached hydrogen (secondary N) is 1. The molecule has 2 aromatic rings. The van der Waals surface area contributed by atoms with Crippen LogP contribution in [0.5, 0.6) is 0 Å². The van der Waals surface area contributed by atoms with Gasteiger partial charge in [-0.05, 0) is 24.3 Å². The Hall–Kier alpha value is -2.35. The van der Waals surface area contributed by atoms with E-state index in [1.807, 2.05) is 0 Å². The van der Waals surface area contributed by atoms with Gasteiger partial charge in [-0.15, -0.1) is 11.8 Å². The van der Waals surface area contributed by atoms with E-state index in [9.17, 15) is 19.3 Å². The third-order valence-corrected chi connectivity index (χ3v) is 3.44. The monoisotopic (exact) mass is 310 g/mol. The second-order valence-corrected chi connectivity index (χ2v) is 5.03. The van der Waals surface area contributed by atoms with Crippen LogP contribution in [0.2, 0.25) is 0 Å². The molecule has 0 spiro atoms. The van der Waals surface area contributed by atoms with Crippen molar-refractivity contribution in [3.8, 4) is 0 Å². The van der Waals surface area contributed by atoms with Gasteiger partial charge in [0.2, 0.25) is 11.7 Å². The average Bonchev–Trinajstić information content (AvgIpc) is 2.94. The number of halogens is 1. The van der Waals surface area contributed by atoms with Crippen molar-refractivity contribution in [3.63, 3.8) is 0 Å². The van der Waals surface area contributed by atoms with Gasteiger partial charge in [-0.25, -0.2) is 0 Å². The second kappa shape index (κ2) is 6.89. The highest BCUT2D eigenvalue weighted by atomic mass is 32.2. The molecule has 110 valence electrons. The first kappa shape index (κ1) is 15.0. The number of hydrogen-bond acceptors (Lipinski definition) is 5. The molecule has 1 aromatic heterocycles. The van der Waals surface area contributed by atoms with Crippen molar-refractivity contribution in [1.29, 1.82) is 0 Å².